The van der Waals surface area contributed by atoms with Crippen LogP contribution in [0.15, 0.2) is 18.5 Å². The SMILES string of the molecule is Cc1nccnc1CN(C)C1CN(c2cc3c(nn2)CCCC3)C1. The Morgan fingerprint density at radius 3 is 2.75 bits per heavy atom. The van der Waals surface area contributed by atoms with E-state index < -0.39 is 0 Å². The molecule has 6 heteroatoms. The maximum atomic E-state index is 4.45. The summed E-state index contributed by atoms with van der Waals surface area (Å²) < 4.78 is 0. The predicted molar refractivity (Wildman–Crippen MR) is 92.9 cm³/mol. The van der Waals surface area contributed by atoms with Gasteiger partial charge in [0.05, 0.1) is 17.1 Å². The molecule has 0 unspecified atom stereocenters. The zero-order valence-electron chi connectivity index (χ0n) is 14.4. The predicted octanol–water partition coefficient (Wildman–Crippen LogP) is 1.77. The molecule has 0 radical (unpaired) electrons. The average molecular weight is 324 g/mol. The fourth-order valence-corrected chi connectivity index (χ4v) is 3.51. The van der Waals surface area contributed by atoms with Crippen molar-refractivity contribution < 1.29 is 0 Å². The number of hydrogen-bond donors (Lipinski definition) is 0. The van der Waals surface area contributed by atoms with Gasteiger partial charge in [0, 0.05) is 38.1 Å². The Bertz CT molecular complexity index is 725. The van der Waals surface area contributed by atoms with Crippen molar-refractivity contribution in [2.75, 3.05) is 25.0 Å². The molecule has 2 aliphatic rings. The maximum Gasteiger partial charge on any atom is 0.151 e. The van der Waals surface area contributed by atoms with Gasteiger partial charge in [-0.1, -0.05) is 0 Å². The lowest BCUT2D eigenvalue weighted by Gasteiger charge is -2.44. The molecule has 6 nitrogen and oxygen atoms in total. The number of fused-ring (bicyclic) bond motifs is 1. The topological polar surface area (TPSA) is 58.0 Å². The van der Waals surface area contributed by atoms with E-state index in [4.69, 9.17) is 0 Å². The first-order valence-corrected chi connectivity index (χ1v) is 8.78. The maximum absolute atomic E-state index is 4.45. The summed E-state index contributed by atoms with van der Waals surface area (Å²) in [5, 5.41) is 8.89. The van der Waals surface area contributed by atoms with Crippen LogP contribution in [0, 0.1) is 6.92 Å². The number of likely N-dealkylation sites (N-methyl/N-ethyl adjacent to an activating group) is 1. The van der Waals surface area contributed by atoms with Crippen molar-refractivity contribution in [2.45, 2.75) is 45.2 Å². The fourth-order valence-electron chi connectivity index (χ4n) is 3.51. The summed E-state index contributed by atoms with van der Waals surface area (Å²) in [4.78, 5) is 13.5. The van der Waals surface area contributed by atoms with Crippen molar-refractivity contribution in [3.05, 3.63) is 41.1 Å². The van der Waals surface area contributed by atoms with Gasteiger partial charge in [-0.3, -0.25) is 14.9 Å². The quantitative estimate of drug-likeness (QED) is 0.854. The summed E-state index contributed by atoms with van der Waals surface area (Å²) in [5.74, 6) is 1.04. The third kappa shape index (κ3) is 2.98. The summed E-state index contributed by atoms with van der Waals surface area (Å²) in [6, 6.07) is 2.79. The number of hydrogen-bond acceptors (Lipinski definition) is 6. The average Bonchev–Trinajstić information content (AvgIpc) is 2.55. The van der Waals surface area contributed by atoms with E-state index in [1.807, 2.05) is 6.92 Å². The third-order valence-corrected chi connectivity index (χ3v) is 5.25. The van der Waals surface area contributed by atoms with Crippen molar-refractivity contribution in [2.24, 2.45) is 0 Å². The third-order valence-electron chi connectivity index (χ3n) is 5.25. The summed E-state index contributed by atoms with van der Waals surface area (Å²) in [7, 11) is 2.16. The van der Waals surface area contributed by atoms with E-state index in [9.17, 15) is 0 Å². The van der Waals surface area contributed by atoms with Crippen LogP contribution in [0.1, 0.15) is 35.5 Å². The van der Waals surface area contributed by atoms with Crippen molar-refractivity contribution in [3.63, 3.8) is 0 Å². The number of rotatable bonds is 4. The van der Waals surface area contributed by atoms with Crippen LogP contribution in [0.5, 0.6) is 0 Å². The zero-order valence-corrected chi connectivity index (χ0v) is 14.4. The van der Waals surface area contributed by atoms with E-state index in [1.165, 1.54) is 24.1 Å². The van der Waals surface area contributed by atoms with Gasteiger partial charge in [-0.15, -0.1) is 5.10 Å². The van der Waals surface area contributed by atoms with Gasteiger partial charge in [-0.05, 0) is 51.3 Å². The summed E-state index contributed by atoms with van der Waals surface area (Å²) in [6.45, 7) is 4.87. The molecule has 0 saturated carbocycles. The van der Waals surface area contributed by atoms with E-state index in [0.717, 1.165) is 49.7 Å². The summed E-state index contributed by atoms with van der Waals surface area (Å²) in [5.41, 5.74) is 4.68. The van der Waals surface area contributed by atoms with Gasteiger partial charge in [0.2, 0.25) is 0 Å². The minimum absolute atomic E-state index is 0.532. The molecular weight excluding hydrogens is 300 g/mol. The van der Waals surface area contributed by atoms with E-state index in [-0.39, 0.29) is 0 Å². The van der Waals surface area contributed by atoms with E-state index in [1.54, 1.807) is 12.4 Å². The molecule has 126 valence electrons. The van der Waals surface area contributed by atoms with Gasteiger partial charge in [0.1, 0.15) is 0 Å². The van der Waals surface area contributed by atoms with Crippen LogP contribution in [0.3, 0.4) is 0 Å². The lowest BCUT2D eigenvalue weighted by molar-refractivity contribution is 0.194. The van der Waals surface area contributed by atoms with Crippen molar-refractivity contribution in [1.29, 1.82) is 0 Å². The Morgan fingerprint density at radius 2 is 1.92 bits per heavy atom. The molecule has 4 rings (SSSR count). The van der Waals surface area contributed by atoms with Crippen molar-refractivity contribution >= 4 is 5.82 Å². The molecule has 0 atom stereocenters. The Hall–Kier alpha value is -2.08. The standard InChI is InChI=1S/C18H24N6/c1-13-17(20-8-7-19-13)12-23(2)15-10-24(11-15)18-9-14-5-3-4-6-16(14)21-22-18/h7-9,15H,3-6,10-12H2,1-2H3. The molecule has 1 fully saturated rings. The first kappa shape index (κ1) is 15.4. The minimum Gasteiger partial charge on any atom is -0.352 e. The Labute approximate surface area is 142 Å². The van der Waals surface area contributed by atoms with Crippen molar-refractivity contribution in [1.82, 2.24) is 25.1 Å². The van der Waals surface area contributed by atoms with Gasteiger partial charge < -0.3 is 4.90 Å². The zero-order chi connectivity index (χ0) is 16.5. The Kier molecular flexibility index (Phi) is 4.14. The molecule has 0 bridgehead atoms. The van der Waals surface area contributed by atoms with Gasteiger partial charge in [0.15, 0.2) is 5.82 Å². The molecule has 0 N–H and O–H groups in total. The number of anilines is 1. The normalized spacial score (nSPS) is 17.7. The van der Waals surface area contributed by atoms with Crippen molar-refractivity contribution in [3.8, 4) is 0 Å². The molecule has 0 aromatic carbocycles. The van der Waals surface area contributed by atoms with Gasteiger partial charge in [0.25, 0.3) is 0 Å². The first-order valence-electron chi connectivity index (χ1n) is 8.78. The second-order valence-electron chi connectivity index (χ2n) is 6.94. The van der Waals surface area contributed by atoms with Crippen LogP contribution in [-0.4, -0.2) is 51.2 Å². The van der Waals surface area contributed by atoms with Crippen LogP contribution in [0.2, 0.25) is 0 Å². The smallest absolute Gasteiger partial charge is 0.151 e. The highest BCUT2D eigenvalue weighted by molar-refractivity contribution is 5.45. The highest BCUT2D eigenvalue weighted by Crippen LogP contribution is 2.26. The van der Waals surface area contributed by atoms with Crippen LogP contribution < -0.4 is 4.90 Å². The Morgan fingerprint density at radius 1 is 1.12 bits per heavy atom. The summed E-state index contributed by atoms with van der Waals surface area (Å²) >= 11 is 0. The molecular formula is C18H24N6. The van der Waals surface area contributed by atoms with E-state index in [0.29, 0.717) is 6.04 Å². The Balaban J connectivity index is 1.37. The molecule has 2 aromatic rings. The molecule has 1 saturated heterocycles. The van der Waals surface area contributed by atoms with Crippen LogP contribution in [-0.2, 0) is 19.4 Å². The molecule has 1 aliphatic carbocycles. The number of aromatic nitrogens is 4. The summed E-state index contributed by atoms with van der Waals surface area (Å²) in [6.07, 6.45) is 8.29. The van der Waals surface area contributed by atoms with E-state index >= 15 is 0 Å². The lowest BCUT2D eigenvalue weighted by atomic mass is 9.96. The molecule has 3 heterocycles. The van der Waals surface area contributed by atoms with Crippen LogP contribution in [0.4, 0.5) is 5.82 Å². The van der Waals surface area contributed by atoms with E-state index in [2.05, 4.69) is 43.1 Å². The van der Waals surface area contributed by atoms with Crippen LogP contribution in [0.25, 0.3) is 0 Å². The highest BCUT2D eigenvalue weighted by Gasteiger charge is 2.32. The minimum atomic E-state index is 0.532. The molecule has 1 aliphatic heterocycles. The molecule has 2 aromatic heterocycles. The van der Waals surface area contributed by atoms with Crippen LogP contribution >= 0.6 is 0 Å². The highest BCUT2D eigenvalue weighted by atomic mass is 15.4. The number of aryl methyl sites for hydroxylation is 3. The lowest BCUT2D eigenvalue weighted by Crippen LogP contribution is -2.58. The van der Waals surface area contributed by atoms with Gasteiger partial charge in [-0.25, -0.2) is 0 Å². The van der Waals surface area contributed by atoms with Gasteiger partial charge >= 0.3 is 0 Å². The monoisotopic (exact) mass is 324 g/mol. The van der Waals surface area contributed by atoms with Gasteiger partial charge in [-0.2, -0.15) is 5.10 Å². The molecule has 0 amide bonds. The number of nitrogens with zero attached hydrogens (tertiary/aromatic N) is 6. The molecule has 24 heavy (non-hydrogen) atoms. The second kappa shape index (κ2) is 6.43. The largest absolute Gasteiger partial charge is 0.352 e. The fraction of sp³-hybridized carbons (Fsp3) is 0.556. The molecule has 0 spiro atoms. The second-order valence-corrected chi connectivity index (χ2v) is 6.94. The first-order chi connectivity index (χ1) is 11.7.